The number of hydrogen-bond donors (Lipinski definition) is 1. The molecule has 0 aromatic rings. The van der Waals surface area contributed by atoms with Crippen LogP contribution in [0.5, 0.6) is 0 Å². The Hall–Kier alpha value is -0.630. The third-order valence-corrected chi connectivity index (χ3v) is 3.06. The second-order valence-corrected chi connectivity index (χ2v) is 4.13. The van der Waals surface area contributed by atoms with Crippen molar-refractivity contribution in [1.29, 1.82) is 0 Å². The Bertz CT molecular complexity index is 218. The van der Waals surface area contributed by atoms with Crippen LogP contribution in [0, 0.1) is 11.3 Å². The van der Waals surface area contributed by atoms with Gasteiger partial charge in [-0.3, -0.25) is 4.79 Å². The van der Waals surface area contributed by atoms with Crippen LogP contribution < -0.4 is 0 Å². The minimum Gasteiger partial charge on any atom is -0.392 e. The van der Waals surface area contributed by atoms with Gasteiger partial charge < -0.3 is 5.11 Å². The summed E-state index contributed by atoms with van der Waals surface area (Å²) in [5, 5.41) is 9.70. The van der Waals surface area contributed by atoms with Crippen molar-refractivity contribution in [1.82, 2.24) is 0 Å². The Morgan fingerprint density at radius 3 is 2.38 bits per heavy atom. The van der Waals surface area contributed by atoms with E-state index in [0.29, 0.717) is 6.42 Å². The molecule has 0 spiro atoms. The van der Waals surface area contributed by atoms with Crippen molar-refractivity contribution >= 4 is 5.78 Å². The van der Waals surface area contributed by atoms with Gasteiger partial charge in [0.15, 0.2) is 0 Å². The summed E-state index contributed by atoms with van der Waals surface area (Å²) >= 11 is 0. The minimum absolute atomic E-state index is 0.163. The summed E-state index contributed by atoms with van der Waals surface area (Å²) in [7, 11) is 0. The van der Waals surface area contributed by atoms with Gasteiger partial charge in [-0.2, -0.15) is 0 Å². The van der Waals surface area contributed by atoms with Gasteiger partial charge in [0.1, 0.15) is 5.78 Å². The highest BCUT2D eigenvalue weighted by Crippen LogP contribution is 2.38. The molecule has 0 aromatic carbocycles. The van der Waals surface area contributed by atoms with E-state index in [1.54, 1.807) is 6.92 Å². The summed E-state index contributed by atoms with van der Waals surface area (Å²) in [6.07, 6.45) is 4.71. The number of allylic oxidation sites excluding steroid dienone is 1. The number of rotatable bonds is 2. The molecule has 0 heterocycles. The van der Waals surface area contributed by atoms with E-state index in [4.69, 9.17) is 0 Å². The molecule has 0 aromatic heterocycles. The van der Waals surface area contributed by atoms with Crippen LogP contribution in [0.1, 0.15) is 33.6 Å². The van der Waals surface area contributed by atoms with Crippen molar-refractivity contribution < 1.29 is 9.90 Å². The van der Waals surface area contributed by atoms with Crippen molar-refractivity contribution in [2.75, 3.05) is 0 Å². The topological polar surface area (TPSA) is 37.3 Å². The molecule has 2 unspecified atom stereocenters. The van der Waals surface area contributed by atoms with Crippen LogP contribution in [0.3, 0.4) is 0 Å². The van der Waals surface area contributed by atoms with Crippen LogP contribution >= 0.6 is 0 Å². The molecular formula is C11H18O2. The predicted molar refractivity (Wildman–Crippen MR) is 52.3 cm³/mol. The van der Waals surface area contributed by atoms with Gasteiger partial charge >= 0.3 is 0 Å². The van der Waals surface area contributed by atoms with Crippen LogP contribution in [0.2, 0.25) is 0 Å². The summed E-state index contributed by atoms with van der Waals surface area (Å²) in [5.41, 5.74) is -0.627. The highest BCUT2D eigenvalue weighted by molar-refractivity contribution is 5.88. The van der Waals surface area contributed by atoms with Gasteiger partial charge in [0, 0.05) is 6.42 Å². The molecule has 1 rings (SSSR count). The Kier molecular flexibility index (Phi) is 2.91. The monoisotopic (exact) mass is 182 g/mol. The largest absolute Gasteiger partial charge is 0.392 e. The second kappa shape index (κ2) is 3.62. The second-order valence-electron chi connectivity index (χ2n) is 4.13. The summed E-state index contributed by atoms with van der Waals surface area (Å²) in [6.45, 7) is 5.67. The molecule has 74 valence electrons. The Labute approximate surface area is 79.6 Å². The number of carbonyl (C=O) groups is 1. The zero-order chi connectivity index (χ0) is 10.1. The van der Waals surface area contributed by atoms with Gasteiger partial charge in [0.05, 0.1) is 11.5 Å². The zero-order valence-electron chi connectivity index (χ0n) is 8.58. The van der Waals surface area contributed by atoms with E-state index < -0.39 is 11.5 Å². The van der Waals surface area contributed by atoms with E-state index >= 15 is 0 Å². The first-order valence-electron chi connectivity index (χ1n) is 4.91. The van der Waals surface area contributed by atoms with Gasteiger partial charge in [0.2, 0.25) is 0 Å². The standard InChI is InChI=1S/C11H18O2/c1-8(2)11(9(3)12)7-5-4-6-10(11)13/h5,7-9,12H,4,6H2,1-3H3. The van der Waals surface area contributed by atoms with E-state index in [9.17, 15) is 9.90 Å². The van der Waals surface area contributed by atoms with E-state index in [2.05, 4.69) is 0 Å². The molecule has 0 fully saturated rings. The molecule has 2 heteroatoms. The lowest BCUT2D eigenvalue weighted by Gasteiger charge is -2.38. The maximum Gasteiger partial charge on any atom is 0.145 e. The van der Waals surface area contributed by atoms with Crippen molar-refractivity contribution in [3.63, 3.8) is 0 Å². The van der Waals surface area contributed by atoms with Crippen LogP contribution in [0.15, 0.2) is 12.2 Å². The summed E-state index contributed by atoms with van der Waals surface area (Å²) < 4.78 is 0. The van der Waals surface area contributed by atoms with E-state index in [1.807, 2.05) is 26.0 Å². The number of hydrogen-bond acceptors (Lipinski definition) is 2. The lowest BCUT2D eigenvalue weighted by atomic mass is 9.66. The van der Waals surface area contributed by atoms with Gasteiger partial charge in [-0.25, -0.2) is 0 Å². The Morgan fingerprint density at radius 1 is 1.46 bits per heavy atom. The average molecular weight is 182 g/mol. The molecule has 0 aliphatic heterocycles. The highest BCUT2D eigenvalue weighted by Gasteiger charge is 2.43. The average Bonchev–Trinajstić information content (AvgIpc) is 2.04. The van der Waals surface area contributed by atoms with Crippen molar-refractivity contribution in [3.05, 3.63) is 12.2 Å². The molecule has 0 radical (unpaired) electrons. The molecule has 0 amide bonds. The van der Waals surface area contributed by atoms with Crippen LogP contribution in [-0.2, 0) is 4.79 Å². The first kappa shape index (κ1) is 10.5. The van der Waals surface area contributed by atoms with E-state index in [0.717, 1.165) is 6.42 Å². The number of aliphatic hydroxyl groups is 1. The maximum atomic E-state index is 11.8. The van der Waals surface area contributed by atoms with Crippen LogP contribution in [-0.4, -0.2) is 17.0 Å². The van der Waals surface area contributed by atoms with Gasteiger partial charge in [-0.15, -0.1) is 0 Å². The molecule has 2 atom stereocenters. The fraction of sp³-hybridized carbons (Fsp3) is 0.727. The SMILES string of the molecule is CC(C)C1(C(C)O)C=CCCC1=O. The first-order chi connectivity index (χ1) is 6.01. The molecule has 13 heavy (non-hydrogen) atoms. The minimum atomic E-state index is -0.627. The van der Waals surface area contributed by atoms with Crippen LogP contribution in [0.4, 0.5) is 0 Å². The number of Topliss-reactive ketones (excluding diaryl/α,β-unsaturated/α-hetero) is 1. The third kappa shape index (κ3) is 1.55. The lowest BCUT2D eigenvalue weighted by Crippen LogP contribution is -2.45. The molecule has 2 nitrogen and oxygen atoms in total. The molecule has 1 N–H and O–H groups in total. The summed E-state index contributed by atoms with van der Waals surface area (Å²) in [5.74, 6) is 0.344. The molecule has 0 saturated carbocycles. The normalized spacial score (nSPS) is 31.0. The fourth-order valence-corrected chi connectivity index (χ4v) is 2.17. The molecule has 0 bridgehead atoms. The molecule has 0 saturated heterocycles. The maximum absolute atomic E-state index is 11.8. The first-order valence-corrected chi connectivity index (χ1v) is 4.91. The molecule has 1 aliphatic rings. The summed E-state index contributed by atoms with van der Waals surface area (Å²) in [6, 6.07) is 0. The lowest BCUT2D eigenvalue weighted by molar-refractivity contribution is -0.134. The number of ketones is 1. The van der Waals surface area contributed by atoms with Crippen LogP contribution in [0.25, 0.3) is 0 Å². The van der Waals surface area contributed by atoms with Gasteiger partial charge in [-0.05, 0) is 19.3 Å². The van der Waals surface area contributed by atoms with Gasteiger partial charge in [0.25, 0.3) is 0 Å². The highest BCUT2D eigenvalue weighted by atomic mass is 16.3. The number of carbonyl (C=O) groups excluding carboxylic acids is 1. The third-order valence-electron chi connectivity index (χ3n) is 3.06. The summed E-state index contributed by atoms with van der Waals surface area (Å²) in [4.78, 5) is 11.8. The smallest absolute Gasteiger partial charge is 0.145 e. The quantitative estimate of drug-likeness (QED) is 0.662. The van der Waals surface area contributed by atoms with E-state index in [-0.39, 0.29) is 11.7 Å². The van der Waals surface area contributed by atoms with Crippen molar-refractivity contribution in [3.8, 4) is 0 Å². The predicted octanol–water partition coefficient (Wildman–Crippen LogP) is 1.93. The van der Waals surface area contributed by atoms with Crippen molar-refractivity contribution in [2.45, 2.75) is 39.7 Å². The Balaban J connectivity index is 3.07. The van der Waals surface area contributed by atoms with Gasteiger partial charge in [-0.1, -0.05) is 26.0 Å². The fourth-order valence-electron chi connectivity index (χ4n) is 2.17. The zero-order valence-corrected chi connectivity index (χ0v) is 8.58. The number of aliphatic hydroxyl groups excluding tert-OH is 1. The molecule has 1 aliphatic carbocycles. The molecular weight excluding hydrogens is 164 g/mol. The Morgan fingerprint density at radius 2 is 2.08 bits per heavy atom. The van der Waals surface area contributed by atoms with E-state index in [1.165, 1.54) is 0 Å². The van der Waals surface area contributed by atoms with Crippen molar-refractivity contribution in [2.24, 2.45) is 11.3 Å².